The summed E-state index contributed by atoms with van der Waals surface area (Å²) in [6, 6.07) is 1.23. The van der Waals surface area contributed by atoms with Crippen LogP contribution in [0, 0.1) is 0 Å². The number of carboxylic acid groups (broad SMARTS) is 1. The zero-order valence-electron chi connectivity index (χ0n) is 8.41. The molecule has 0 fully saturated rings. The van der Waals surface area contributed by atoms with E-state index in [0.717, 1.165) is 0 Å². The van der Waals surface area contributed by atoms with Gasteiger partial charge in [0.05, 0.1) is 19.2 Å². The van der Waals surface area contributed by atoms with E-state index in [-0.39, 0.29) is 17.1 Å². The SMILES string of the molecule is COc1cc(CC(=O)O)nc(C(F)F)c1N. The Labute approximate surface area is 89.9 Å². The van der Waals surface area contributed by atoms with Crippen LogP contribution < -0.4 is 10.5 Å². The molecule has 5 nitrogen and oxygen atoms in total. The molecule has 0 aliphatic rings. The second-order valence-corrected chi connectivity index (χ2v) is 2.99. The fraction of sp³-hybridized carbons (Fsp3) is 0.333. The molecule has 0 aliphatic carbocycles. The number of aliphatic carboxylic acids is 1. The van der Waals surface area contributed by atoms with Crippen LogP contribution in [-0.2, 0) is 11.2 Å². The first-order chi connectivity index (χ1) is 7.45. The van der Waals surface area contributed by atoms with Crippen molar-refractivity contribution in [1.29, 1.82) is 0 Å². The average molecular weight is 232 g/mol. The van der Waals surface area contributed by atoms with Crippen LogP contribution in [0.15, 0.2) is 6.07 Å². The summed E-state index contributed by atoms with van der Waals surface area (Å²) in [5, 5.41) is 8.53. The molecule has 1 aromatic heterocycles. The number of ether oxygens (including phenoxy) is 1. The van der Waals surface area contributed by atoms with Crippen molar-refractivity contribution in [2.45, 2.75) is 12.8 Å². The summed E-state index contributed by atoms with van der Waals surface area (Å²) in [5.74, 6) is -1.17. The maximum Gasteiger partial charge on any atom is 0.309 e. The van der Waals surface area contributed by atoms with E-state index in [2.05, 4.69) is 4.98 Å². The first-order valence-corrected chi connectivity index (χ1v) is 4.29. The van der Waals surface area contributed by atoms with E-state index in [9.17, 15) is 13.6 Å². The van der Waals surface area contributed by atoms with Gasteiger partial charge in [0, 0.05) is 6.07 Å². The Balaban J connectivity index is 3.22. The zero-order valence-corrected chi connectivity index (χ0v) is 8.41. The van der Waals surface area contributed by atoms with Crippen LogP contribution in [0.25, 0.3) is 0 Å². The van der Waals surface area contributed by atoms with Crippen molar-refractivity contribution < 1.29 is 23.4 Å². The molecule has 0 saturated heterocycles. The minimum absolute atomic E-state index is 0.00144. The van der Waals surface area contributed by atoms with E-state index in [4.69, 9.17) is 15.6 Å². The van der Waals surface area contributed by atoms with E-state index in [1.807, 2.05) is 0 Å². The van der Waals surface area contributed by atoms with Crippen molar-refractivity contribution >= 4 is 11.7 Å². The second kappa shape index (κ2) is 4.73. The number of carboxylic acids is 1. The van der Waals surface area contributed by atoms with Crippen molar-refractivity contribution in [3.8, 4) is 5.75 Å². The fourth-order valence-corrected chi connectivity index (χ4v) is 1.18. The molecule has 88 valence electrons. The molecule has 3 N–H and O–H groups in total. The third kappa shape index (κ3) is 2.56. The Morgan fingerprint density at radius 2 is 2.31 bits per heavy atom. The lowest BCUT2D eigenvalue weighted by molar-refractivity contribution is -0.136. The number of halogens is 2. The maximum absolute atomic E-state index is 12.5. The van der Waals surface area contributed by atoms with Crippen LogP contribution in [0.2, 0.25) is 0 Å². The highest BCUT2D eigenvalue weighted by atomic mass is 19.3. The number of hydrogen-bond acceptors (Lipinski definition) is 4. The minimum Gasteiger partial charge on any atom is -0.494 e. The van der Waals surface area contributed by atoms with E-state index >= 15 is 0 Å². The predicted molar refractivity (Wildman–Crippen MR) is 51.5 cm³/mol. The topological polar surface area (TPSA) is 85.4 Å². The van der Waals surface area contributed by atoms with Gasteiger partial charge in [-0.2, -0.15) is 0 Å². The Morgan fingerprint density at radius 1 is 1.69 bits per heavy atom. The molecular weight excluding hydrogens is 222 g/mol. The van der Waals surface area contributed by atoms with Crippen LogP contribution in [-0.4, -0.2) is 23.2 Å². The Kier molecular flexibility index (Phi) is 3.60. The number of nitrogen functional groups attached to an aromatic ring is 1. The number of carbonyl (C=O) groups is 1. The Morgan fingerprint density at radius 3 is 2.75 bits per heavy atom. The molecule has 0 unspecified atom stereocenters. The number of anilines is 1. The molecule has 0 aliphatic heterocycles. The largest absolute Gasteiger partial charge is 0.494 e. The highest BCUT2D eigenvalue weighted by Crippen LogP contribution is 2.31. The maximum atomic E-state index is 12.5. The molecule has 1 rings (SSSR count). The summed E-state index contributed by atoms with van der Waals surface area (Å²) in [5.41, 5.74) is 4.43. The van der Waals surface area contributed by atoms with Crippen LogP contribution in [0.1, 0.15) is 17.8 Å². The first kappa shape index (κ1) is 12.2. The molecule has 0 bridgehead atoms. The van der Waals surface area contributed by atoms with Crippen molar-refractivity contribution in [1.82, 2.24) is 4.98 Å². The van der Waals surface area contributed by atoms with Crippen molar-refractivity contribution in [2.24, 2.45) is 0 Å². The van der Waals surface area contributed by atoms with E-state index in [1.54, 1.807) is 0 Å². The van der Waals surface area contributed by atoms with Gasteiger partial charge in [0.15, 0.2) is 0 Å². The third-order valence-electron chi connectivity index (χ3n) is 1.86. The summed E-state index contributed by atoms with van der Waals surface area (Å²) < 4.78 is 29.8. The number of pyridine rings is 1. The lowest BCUT2D eigenvalue weighted by atomic mass is 10.2. The molecule has 1 heterocycles. The number of aromatic nitrogens is 1. The molecule has 0 saturated carbocycles. The van der Waals surface area contributed by atoms with Gasteiger partial charge in [0.25, 0.3) is 6.43 Å². The lowest BCUT2D eigenvalue weighted by Crippen LogP contribution is -2.08. The van der Waals surface area contributed by atoms with Gasteiger partial charge in [-0.15, -0.1) is 0 Å². The van der Waals surface area contributed by atoms with Crippen molar-refractivity contribution in [3.05, 3.63) is 17.5 Å². The normalized spacial score (nSPS) is 10.5. The molecular formula is C9H10F2N2O3. The first-order valence-electron chi connectivity index (χ1n) is 4.29. The van der Waals surface area contributed by atoms with Gasteiger partial charge < -0.3 is 15.6 Å². The highest BCUT2D eigenvalue weighted by Gasteiger charge is 2.19. The van der Waals surface area contributed by atoms with Gasteiger partial charge in [-0.25, -0.2) is 13.8 Å². The second-order valence-electron chi connectivity index (χ2n) is 2.99. The van der Waals surface area contributed by atoms with Gasteiger partial charge in [-0.3, -0.25) is 4.79 Å². The molecule has 1 aromatic rings. The Bertz CT molecular complexity index is 410. The van der Waals surface area contributed by atoms with Gasteiger partial charge in [-0.1, -0.05) is 0 Å². The van der Waals surface area contributed by atoms with Gasteiger partial charge in [0.1, 0.15) is 17.1 Å². The van der Waals surface area contributed by atoms with Gasteiger partial charge in [-0.05, 0) is 0 Å². The quantitative estimate of drug-likeness (QED) is 0.815. The number of hydrogen-bond donors (Lipinski definition) is 2. The molecule has 0 aromatic carbocycles. The molecule has 0 spiro atoms. The van der Waals surface area contributed by atoms with E-state index in [1.165, 1.54) is 13.2 Å². The van der Waals surface area contributed by atoms with E-state index < -0.39 is 24.5 Å². The zero-order chi connectivity index (χ0) is 12.3. The molecule has 16 heavy (non-hydrogen) atoms. The van der Waals surface area contributed by atoms with Gasteiger partial charge in [0.2, 0.25) is 0 Å². The number of nitrogens with two attached hydrogens (primary N) is 1. The van der Waals surface area contributed by atoms with Crippen LogP contribution in [0.3, 0.4) is 0 Å². The summed E-state index contributed by atoms with van der Waals surface area (Å²) in [4.78, 5) is 13.9. The summed E-state index contributed by atoms with van der Waals surface area (Å²) in [7, 11) is 1.26. The highest BCUT2D eigenvalue weighted by molar-refractivity contribution is 5.70. The van der Waals surface area contributed by atoms with E-state index in [0.29, 0.717) is 0 Å². The van der Waals surface area contributed by atoms with Crippen molar-refractivity contribution in [3.63, 3.8) is 0 Å². The third-order valence-corrected chi connectivity index (χ3v) is 1.86. The number of alkyl halides is 2. The predicted octanol–water partition coefficient (Wildman–Crippen LogP) is 1.24. The molecule has 0 radical (unpaired) electrons. The van der Waals surface area contributed by atoms with Crippen molar-refractivity contribution in [2.75, 3.05) is 12.8 Å². The molecule has 7 heteroatoms. The monoisotopic (exact) mass is 232 g/mol. The standard InChI is InChI=1S/C9H10F2N2O3/c1-16-5-2-4(3-6(14)15)13-8(7(5)12)9(10)11/h2,9H,3,12H2,1H3,(H,14,15). The average Bonchev–Trinajstić information content (AvgIpc) is 2.19. The van der Waals surface area contributed by atoms with Gasteiger partial charge >= 0.3 is 5.97 Å². The smallest absolute Gasteiger partial charge is 0.309 e. The number of methoxy groups -OCH3 is 1. The number of rotatable bonds is 4. The lowest BCUT2D eigenvalue weighted by Gasteiger charge is -2.10. The summed E-state index contributed by atoms with van der Waals surface area (Å²) in [6.07, 6.45) is -3.33. The Hall–Kier alpha value is -1.92. The summed E-state index contributed by atoms with van der Waals surface area (Å²) >= 11 is 0. The van der Waals surface area contributed by atoms with Crippen LogP contribution >= 0.6 is 0 Å². The fourth-order valence-electron chi connectivity index (χ4n) is 1.18. The van der Waals surface area contributed by atoms with Crippen LogP contribution in [0.5, 0.6) is 5.75 Å². The molecule has 0 atom stereocenters. The minimum atomic E-state index is -2.87. The molecule has 0 amide bonds. The van der Waals surface area contributed by atoms with Crippen LogP contribution in [0.4, 0.5) is 14.5 Å². The number of nitrogens with zero attached hydrogens (tertiary/aromatic N) is 1. The summed E-state index contributed by atoms with van der Waals surface area (Å²) in [6.45, 7) is 0.